The number of rotatable bonds is 2. The number of aromatic nitrogens is 2. The molecule has 1 aromatic heterocycles. The molecule has 2 aromatic rings. The Morgan fingerprint density at radius 3 is 2.61 bits per heavy atom. The molecular weight excluding hydrogens is 241 g/mol. The second-order valence-electron chi connectivity index (χ2n) is 4.01. The van der Waals surface area contributed by atoms with Crippen molar-refractivity contribution in [2.24, 2.45) is 0 Å². The van der Waals surface area contributed by atoms with Crippen LogP contribution < -0.4 is 0 Å². The van der Waals surface area contributed by atoms with Gasteiger partial charge in [-0.15, -0.1) is 0 Å². The molecule has 1 aromatic carbocycles. The molecule has 0 saturated carbocycles. The number of alkyl halides is 3. The molecule has 2 rings (SSSR count). The van der Waals surface area contributed by atoms with Gasteiger partial charge in [-0.3, -0.25) is 0 Å². The van der Waals surface area contributed by atoms with Crippen molar-refractivity contribution >= 4 is 0 Å². The van der Waals surface area contributed by atoms with Crippen LogP contribution in [0.25, 0.3) is 5.69 Å². The van der Waals surface area contributed by atoms with Crippen molar-refractivity contribution < 1.29 is 13.2 Å². The van der Waals surface area contributed by atoms with Crippen LogP contribution in [0.15, 0.2) is 24.3 Å². The fourth-order valence-electron chi connectivity index (χ4n) is 1.74. The third-order valence-electron chi connectivity index (χ3n) is 2.61. The molecule has 0 spiro atoms. The maximum Gasteiger partial charge on any atom is 0.435 e. The lowest BCUT2D eigenvalue weighted by Crippen LogP contribution is -2.07. The molecule has 0 aliphatic rings. The van der Waals surface area contributed by atoms with Gasteiger partial charge in [0.2, 0.25) is 0 Å². The van der Waals surface area contributed by atoms with Crippen molar-refractivity contribution in [1.82, 2.24) is 9.78 Å². The van der Waals surface area contributed by atoms with Gasteiger partial charge in [0.1, 0.15) is 0 Å². The molecule has 18 heavy (non-hydrogen) atoms. The lowest BCUT2D eigenvalue weighted by molar-refractivity contribution is -0.141. The van der Waals surface area contributed by atoms with Gasteiger partial charge in [-0.2, -0.15) is 18.3 Å². The monoisotopic (exact) mass is 253 g/mol. The molecule has 95 valence electrons. The number of aryl methyl sites for hydroxylation is 2. The topological polar surface area (TPSA) is 17.8 Å². The van der Waals surface area contributed by atoms with Crippen LogP contribution >= 0.6 is 0 Å². The highest BCUT2D eigenvalue weighted by Gasteiger charge is 2.34. The Morgan fingerprint density at radius 2 is 2.06 bits per heavy atom. The lowest BCUT2D eigenvalue weighted by Gasteiger charge is -2.06. The van der Waals surface area contributed by atoms with Crippen LogP contribution in [0.5, 0.6) is 0 Å². The van der Waals surface area contributed by atoms with Crippen LogP contribution in [-0.4, -0.2) is 9.78 Å². The molecule has 2 nitrogen and oxygen atoms in total. The molecule has 0 N–H and O–H groups in total. The Bertz CT molecular complexity index is 556. The predicted molar refractivity (Wildman–Crippen MR) is 61.5 cm³/mol. The average Bonchev–Trinajstić information content (AvgIpc) is 2.72. The van der Waals surface area contributed by atoms with Gasteiger partial charge in [-0.1, -0.05) is 13.0 Å². The zero-order valence-electron chi connectivity index (χ0n) is 10.0. The third-order valence-corrected chi connectivity index (χ3v) is 2.61. The van der Waals surface area contributed by atoms with Crippen LogP contribution in [0, 0.1) is 13.0 Å². The first kappa shape index (κ1) is 12.7. The first-order valence-corrected chi connectivity index (χ1v) is 5.56. The first-order valence-electron chi connectivity index (χ1n) is 5.56. The van der Waals surface area contributed by atoms with Gasteiger partial charge in [0.05, 0.1) is 5.69 Å². The molecule has 0 amide bonds. The van der Waals surface area contributed by atoms with Crippen LogP contribution in [-0.2, 0) is 12.6 Å². The van der Waals surface area contributed by atoms with Gasteiger partial charge in [-0.25, -0.2) is 4.68 Å². The highest BCUT2D eigenvalue weighted by atomic mass is 19.4. The summed E-state index contributed by atoms with van der Waals surface area (Å²) >= 11 is 0. The maximum atomic E-state index is 12.6. The second-order valence-corrected chi connectivity index (χ2v) is 4.01. The van der Waals surface area contributed by atoms with E-state index in [1.807, 2.05) is 6.92 Å². The van der Waals surface area contributed by atoms with Gasteiger partial charge in [0.25, 0.3) is 0 Å². The zero-order valence-corrected chi connectivity index (χ0v) is 10.0. The molecular formula is C13H12F3N2. The summed E-state index contributed by atoms with van der Waals surface area (Å²) in [6.45, 7) is 3.64. The van der Waals surface area contributed by atoms with E-state index in [2.05, 4.69) is 11.2 Å². The molecule has 0 aliphatic carbocycles. The van der Waals surface area contributed by atoms with E-state index in [0.29, 0.717) is 17.8 Å². The number of benzene rings is 1. The van der Waals surface area contributed by atoms with E-state index in [9.17, 15) is 13.2 Å². The summed E-state index contributed by atoms with van der Waals surface area (Å²) in [6.07, 6.45) is -3.92. The Balaban J connectivity index is 2.54. The number of halogens is 3. The lowest BCUT2D eigenvalue weighted by atomic mass is 10.2. The fourth-order valence-corrected chi connectivity index (χ4v) is 1.74. The summed E-state index contributed by atoms with van der Waals surface area (Å²) in [6, 6.07) is 9.17. The molecule has 0 aliphatic heterocycles. The van der Waals surface area contributed by atoms with E-state index in [4.69, 9.17) is 0 Å². The molecule has 1 heterocycles. The SMILES string of the molecule is CCc1cc(C(F)(F)F)nn1-c1cc[c]c(C)c1. The van der Waals surface area contributed by atoms with Gasteiger partial charge >= 0.3 is 6.18 Å². The first-order chi connectivity index (χ1) is 8.41. The van der Waals surface area contributed by atoms with Crippen molar-refractivity contribution in [1.29, 1.82) is 0 Å². The summed E-state index contributed by atoms with van der Waals surface area (Å²) < 4.78 is 39.2. The highest BCUT2D eigenvalue weighted by molar-refractivity contribution is 5.36. The van der Waals surface area contributed by atoms with Crippen LogP contribution in [0.1, 0.15) is 23.9 Å². The highest BCUT2D eigenvalue weighted by Crippen LogP contribution is 2.29. The zero-order chi connectivity index (χ0) is 13.3. The second kappa shape index (κ2) is 4.48. The summed E-state index contributed by atoms with van der Waals surface area (Å²) in [5, 5.41) is 3.64. The molecule has 5 heteroatoms. The summed E-state index contributed by atoms with van der Waals surface area (Å²) in [5.74, 6) is 0. The summed E-state index contributed by atoms with van der Waals surface area (Å²) in [4.78, 5) is 0. The van der Waals surface area contributed by atoms with E-state index in [0.717, 1.165) is 11.6 Å². The van der Waals surface area contributed by atoms with Crippen molar-refractivity contribution in [3.05, 3.63) is 47.3 Å². The molecule has 1 radical (unpaired) electrons. The average molecular weight is 253 g/mol. The van der Waals surface area contributed by atoms with E-state index >= 15 is 0 Å². The van der Waals surface area contributed by atoms with Gasteiger partial charge in [-0.05, 0) is 43.2 Å². The smallest absolute Gasteiger partial charge is 0.237 e. The standard InChI is InChI=1S/C13H12F3N2/c1-3-10-8-12(13(14,15)16)17-18(10)11-6-4-5-9(2)7-11/h4,6-8H,3H2,1-2H3. The normalized spacial score (nSPS) is 11.8. The van der Waals surface area contributed by atoms with Crippen molar-refractivity contribution in [3.8, 4) is 5.69 Å². The number of hydrogen-bond donors (Lipinski definition) is 0. The Labute approximate surface area is 103 Å². The maximum absolute atomic E-state index is 12.6. The molecule has 0 fully saturated rings. The Morgan fingerprint density at radius 1 is 1.33 bits per heavy atom. The van der Waals surface area contributed by atoms with Crippen LogP contribution in [0.3, 0.4) is 0 Å². The van der Waals surface area contributed by atoms with E-state index in [1.165, 1.54) is 4.68 Å². The summed E-state index contributed by atoms with van der Waals surface area (Å²) in [5.41, 5.74) is 1.16. The van der Waals surface area contributed by atoms with E-state index in [-0.39, 0.29) is 0 Å². The van der Waals surface area contributed by atoms with Crippen molar-refractivity contribution in [2.45, 2.75) is 26.4 Å². The number of nitrogens with zero attached hydrogens (tertiary/aromatic N) is 2. The van der Waals surface area contributed by atoms with Crippen molar-refractivity contribution in [2.75, 3.05) is 0 Å². The van der Waals surface area contributed by atoms with E-state index < -0.39 is 11.9 Å². The minimum Gasteiger partial charge on any atom is -0.237 e. The van der Waals surface area contributed by atoms with Crippen molar-refractivity contribution in [3.63, 3.8) is 0 Å². The molecule has 0 unspecified atom stereocenters. The predicted octanol–water partition coefficient (Wildman–Crippen LogP) is 3.56. The van der Waals surface area contributed by atoms with Gasteiger partial charge in [0.15, 0.2) is 5.69 Å². The van der Waals surface area contributed by atoms with Crippen LogP contribution in [0.4, 0.5) is 13.2 Å². The third kappa shape index (κ3) is 2.39. The number of hydrogen-bond acceptors (Lipinski definition) is 1. The quantitative estimate of drug-likeness (QED) is 0.800. The summed E-state index contributed by atoms with van der Waals surface area (Å²) in [7, 11) is 0. The molecule has 0 atom stereocenters. The minimum absolute atomic E-state index is 0.487. The molecule has 0 saturated heterocycles. The van der Waals surface area contributed by atoms with E-state index in [1.54, 1.807) is 25.1 Å². The Kier molecular flexibility index (Phi) is 3.15. The van der Waals surface area contributed by atoms with Crippen LogP contribution in [0.2, 0.25) is 0 Å². The largest absolute Gasteiger partial charge is 0.435 e. The fraction of sp³-hybridized carbons (Fsp3) is 0.308. The van der Waals surface area contributed by atoms with Gasteiger partial charge < -0.3 is 0 Å². The Hall–Kier alpha value is -1.78. The van der Waals surface area contributed by atoms with Gasteiger partial charge in [0, 0.05) is 5.69 Å². The minimum atomic E-state index is -4.41. The molecule has 0 bridgehead atoms.